The van der Waals surface area contributed by atoms with Gasteiger partial charge in [-0.05, 0) is 19.1 Å². The van der Waals surface area contributed by atoms with E-state index >= 15 is 0 Å². The minimum Gasteiger partial charge on any atom is -0.280 e. The summed E-state index contributed by atoms with van der Waals surface area (Å²) in [6.45, 7) is 1.77. The van der Waals surface area contributed by atoms with E-state index in [2.05, 4.69) is 5.10 Å². The van der Waals surface area contributed by atoms with Crippen molar-refractivity contribution in [2.75, 3.05) is 0 Å². The highest BCUT2D eigenvalue weighted by molar-refractivity contribution is 5.40. The molecule has 3 rings (SSSR count). The van der Waals surface area contributed by atoms with Crippen molar-refractivity contribution in [2.24, 2.45) is 0 Å². The van der Waals surface area contributed by atoms with Crippen LogP contribution in [0.1, 0.15) is 5.56 Å². The number of benzene rings is 1. The monoisotopic (exact) mass is 281 g/mol. The number of rotatable bonds is 2. The molecule has 3 aromatic rings. The standard InChI is InChI=1S/C14H11N5O2/c1-10-2-4-11(5-3-10)17-8-9-18-12(13(17)20)16-19(7-6-15)14(18)21/h2-5,8-9H,7H2,1H3. The van der Waals surface area contributed by atoms with E-state index in [0.717, 1.165) is 14.6 Å². The van der Waals surface area contributed by atoms with Crippen LogP contribution in [-0.2, 0) is 6.54 Å². The number of hydrogen-bond donors (Lipinski definition) is 0. The molecule has 0 bridgehead atoms. The average Bonchev–Trinajstić information content (AvgIpc) is 2.79. The fraction of sp³-hybridized carbons (Fsp3) is 0.143. The van der Waals surface area contributed by atoms with Gasteiger partial charge >= 0.3 is 11.2 Å². The van der Waals surface area contributed by atoms with Gasteiger partial charge in [-0.3, -0.25) is 9.36 Å². The van der Waals surface area contributed by atoms with Gasteiger partial charge in [-0.15, -0.1) is 5.10 Å². The van der Waals surface area contributed by atoms with Crippen molar-refractivity contribution in [1.82, 2.24) is 18.7 Å². The molecule has 0 atom stereocenters. The van der Waals surface area contributed by atoms with Crippen LogP contribution >= 0.6 is 0 Å². The largest absolute Gasteiger partial charge is 0.351 e. The highest BCUT2D eigenvalue weighted by Crippen LogP contribution is 2.07. The second-order valence-electron chi connectivity index (χ2n) is 4.60. The van der Waals surface area contributed by atoms with Crippen molar-refractivity contribution in [2.45, 2.75) is 13.5 Å². The van der Waals surface area contributed by atoms with Gasteiger partial charge in [0.05, 0.1) is 6.07 Å². The highest BCUT2D eigenvalue weighted by atomic mass is 16.2. The van der Waals surface area contributed by atoms with Gasteiger partial charge in [0.1, 0.15) is 6.54 Å². The maximum atomic E-state index is 12.4. The molecular weight excluding hydrogens is 270 g/mol. The van der Waals surface area contributed by atoms with Gasteiger partial charge in [-0.1, -0.05) is 17.7 Å². The van der Waals surface area contributed by atoms with Gasteiger partial charge < -0.3 is 0 Å². The second kappa shape index (κ2) is 4.76. The Morgan fingerprint density at radius 2 is 1.90 bits per heavy atom. The molecule has 104 valence electrons. The Kier molecular flexibility index (Phi) is 2.92. The maximum absolute atomic E-state index is 12.4. The van der Waals surface area contributed by atoms with Crippen molar-refractivity contribution >= 4 is 5.65 Å². The number of nitriles is 1. The van der Waals surface area contributed by atoms with E-state index in [4.69, 9.17) is 5.26 Å². The van der Waals surface area contributed by atoms with Gasteiger partial charge in [0.2, 0.25) is 5.65 Å². The smallest absolute Gasteiger partial charge is 0.280 e. The normalized spacial score (nSPS) is 10.7. The third-order valence-corrected chi connectivity index (χ3v) is 3.18. The first kappa shape index (κ1) is 12.9. The molecule has 0 aliphatic heterocycles. The summed E-state index contributed by atoms with van der Waals surface area (Å²) in [6, 6.07) is 9.26. The molecule has 1 aromatic carbocycles. The Hall–Kier alpha value is -3.14. The van der Waals surface area contributed by atoms with Crippen molar-refractivity contribution in [1.29, 1.82) is 5.26 Å². The molecule has 0 spiro atoms. The summed E-state index contributed by atoms with van der Waals surface area (Å²) < 4.78 is 3.53. The zero-order valence-corrected chi connectivity index (χ0v) is 11.2. The summed E-state index contributed by atoms with van der Waals surface area (Å²) in [4.78, 5) is 24.4. The average molecular weight is 281 g/mol. The summed E-state index contributed by atoms with van der Waals surface area (Å²) in [5, 5.41) is 12.6. The van der Waals surface area contributed by atoms with Crippen LogP contribution in [0.2, 0.25) is 0 Å². The third kappa shape index (κ3) is 2.03. The maximum Gasteiger partial charge on any atom is 0.351 e. The van der Waals surface area contributed by atoms with E-state index < -0.39 is 11.2 Å². The fourth-order valence-electron chi connectivity index (χ4n) is 2.09. The Bertz CT molecular complexity index is 970. The van der Waals surface area contributed by atoms with Crippen LogP contribution in [0.25, 0.3) is 11.3 Å². The molecule has 7 heteroatoms. The molecule has 0 radical (unpaired) electrons. The molecule has 21 heavy (non-hydrogen) atoms. The van der Waals surface area contributed by atoms with Crippen LogP contribution < -0.4 is 11.2 Å². The van der Waals surface area contributed by atoms with Crippen LogP contribution in [0.5, 0.6) is 0 Å². The third-order valence-electron chi connectivity index (χ3n) is 3.18. The van der Waals surface area contributed by atoms with Crippen molar-refractivity contribution in [3.8, 4) is 11.8 Å². The molecule has 0 aliphatic carbocycles. The topological polar surface area (TPSA) is 85.1 Å². The van der Waals surface area contributed by atoms with Crippen molar-refractivity contribution in [3.05, 3.63) is 63.1 Å². The van der Waals surface area contributed by atoms with Gasteiger partial charge in [0, 0.05) is 18.1 Å². The number of aromatic nitrogens is 4. The van der Waals surface area contributed by atoms with E-state index in [9.17, 15) is 9.59 Å². The number of aryl methyl sites for hydroxylation is 1. The lowest BCUT2D eigenvalue weighted by molar-refractivity contribution is 0.679. The summed E-state index contributed by atoms with van der Waals surface area (Å²) in [6.07, 6.45) is 2.99. The van der Waals surface area contributed by atoms with E-state index in [1.165, 1.54) is 17.0 Å². The van der Waals surface area contributed by atoms with E-state index in [1.807, 2.05) is 37.3 Å². The SMILES string of the molecule is Cc1ccc(-n2ccn3c(=O)n(CC#N)nc3c2=O)cc1. The van der Waals surface area contributed by atoms with Crippen LogP contribution in [0.3, 0.4) is 0 Å². The lowest BCUT2D eigenvalue weighted by Crippen LogP contribution is -2.24. The molecule has 0 saturated carbocycles. The molecule has 7 nitrogen and oxygen atoms in total. The molecule has 2 heterocycles. The fourth-order valence-corrected chi connectivity index (χ4v) is 2.09. The Labute approximate surface area is 118 Å². The Morgan fingerprint density at radius 1 is 1.19 bits per heavy atom. The summed E-state index contributed by atoms with van der Waals surface area (Å²) in [7, 11) is 0. The van der Waals surface area contributed by atoms with Crippen molar-refractivity contribution < 1.29 is 0 Å². The van der Waals surface area contributed by atoms with E-state index in [1.54, 1.807) is 0 Å². The predicted molar refractivity (Wildman–Crippen MR) is 75.4 cm³/mol. The number of hydrogen-bond acceptors (Lipinski definition) is 4. The first-order valence-electron chi connectivity index (χ1n) is 6.26. The van der Waals surface area contributed by atoms with E-state index in [-0.39, 0.29) is 12.2 Å². The first-order chi connectivity index (χ1) is 10.1. The van der Waals surface area contributed by atoms with Crippen molar-refractivity contribution in [3.63, 3.8) is 0 Å². The molecule has 0 saturated heterocycles. The second-order valence-corrected chi connectivity index (χ2v) is 4.60. The number of nitrogens with zero attached hydrogens (tertiary/aromatic N) is 5. The van der Waals surface area contributed by atoms with Crippen LogP contribution in [0, 0.1) is 18.3 Å². The van der Waals surface area contributed by atoms with Gasteiger partial charge in [0.25, 0.3) is 0 Å². The predicted octanol–water partition coefficient (Wildman–Crippen LogP) is 0.479. The lowest BCUT2D eigenvalue weighted by Gasteiger charge is -2.05. The molecule has 0 N–H and O–H groups in total. The summed E-state index contributed by atoms with van der Waals surface area (Å²) >= 11 is 0. The summed E-state index contributed by atoms with van der Waals surface area (Å²) in [5.74, 6) is 0. The Morgan fingerprint density at radius 3 is 2.57 bits per heavy atom. The first-order valence-corrected chi connectivity index (χ1v) is 6.26. The highest BCUT2D eigenvalue weighted by Gasteiger charge is 2.12. The summed E-state index contributed by atoms with van der Waals surface area (Å²) in [5.41, 5.74) is 0.867. The zero-order chi connectivity index (χ0) is 15.0. The van der Waals surface area contributed by atoms with Crippen LogP contribution in [0.4, 0.5) is 0 Å². The van der Waals surface area contributed by atoms with Crippen LogP contribution in [-0.4, -0.2) is 18.7 Å². The minimum absolute atomic E-state index is 0.00155. The molecule has 0 amide bonds. The van der Waals surface area contributed by atoms with E-state index in [0.29, 0.717) is 5.69 Å². The quantitative estimate of drug-likeness (QED) is 0.683. The van der Waals surface area contributed by atoms with Gasteiger partial charge in [-0.25, -0.2) is 9.20 Å². The minimum atomic E-state index is -0.500. The molecule has 0 aliphatic rings. The van der Waals surface area contributed by atoms with Gasteiger partial charge in [-0.2, -0.15) is 9.94 Å². The lowest BCUT2D eigenvalue weighted by atomic mass is 10.2. The number of fused-ring (bicyclic) bond motifs is 1. The molecule has 2 aromatic heterocycles. The zero-order valence-electron chi connectivity index (χ0n) is 11.2. The van der Waals surface area contributed by atoms with Crippen LogP contribution in [0.15, 0.2) is 46.2 Å². The molecule has 0 fully saturated rings. The Balaban J connectivity index is 2.26. The van der Waals surface area contributed by atoms with Gasteiger partial charge in [0.15, 0.2) is 0 Å². The molecular formula is C14H11N5O2. The molecule has 0 unspecified atom stereocenters.